The third-order valence-electron chi connectivity index (χ3n) is 15.2. The molecule has 4 amide bonds. The van der Waals surface area contributed by atoms with Crippen molar-refractivity contribution in [2.75, 3.05) is 37.0 Å². The Bertz CT molecular complexity index is 2480. The smallest absolute Gasteiger partial charge is 0.407 e. The van der Waals surface area contributed by atoms with Gasteiger partial charge in [-0.15, -0.1) is 35.1 Å². The molecule has 4 aliphatic rings. The summed E-state index contributed by atoms with van der Waals surface area (Å²) in [7, 11) is 0. The van der Waals surface area contributed by atoms with Gasteiger partial charge in [0.25, 0.3) is 0 Å². The van der Waals surface area contributed by atoms with Crippen LogP contribution in [0.2, 0.25) is 0 Å². The molecule has 0 bridgehead atoms. The molecule has 81 heavy (non-hydrogen) atoms. The molecule has 14 nitrogen and oxygen atoms in total. The minimum absolute atomic E-state index is 0.0224. The molecule has 8 rings (SSSR count). The summed E-state index contributed by atoms with van der Waals surface area (Å²) in [4.78, 5) is 54.6. The first-order valence-electron chi connectivity index (χ1n) is 29.1. The zero-order valence-corrected chi connectivity index (χ0v) is 50.9. The summed E-state index contributed by atoms with van der Waals surface area (Å²) >= 11 is 8.75. The number of hydrogen-bond donors (Lipinski definition) is 6. The molecule has 0 aromatic heterocycles. The maximum atomic E-state index is 13.4. The fourth-order valence-corrected chi connectivity index (χ4v) is 13.3. The number of halogens is 1. The second kappa shape index (κ2) is 33.5. The number of aliphatic hydroxyl groups is 1. The quantitative estimate of drug-likeness (QED) is 0.0385. The van der Waals surface area contributed by atoms with Gasteiger partial charge in [0.05, 0.1) is 24.2 Å². The van der Waals surface area contributed by atoms with E-state index < -0.39 is 36.5 Å². The van der Waals surface area contributed by atoms with E-state index in [0.717, 1.165) is 58.7 Å². The van der Waals surface area contributed by atoms with Crippen LogP contribution in [0.1, 0.15) is 117 Å². The monoisotopic (exact) mass is 1170 g/mol. The van der Waals surface area contributed by atoms with Crippen LogP contribution < -0.4 is 31.7 Å². The van der Waals surface area contributed by atoms with Crippen LogP contribution in [0.5, 0.6) is 0 Å². The van der Waals surface area contributed by atoms with Crippen LogP contribution in [0.15, 0.2) is 131 Å². The molecule has 4 aromatic carbocycles. The third-order valence-corrected chi connectivity index (χ3v) is 17.8. The van der Waals surface area contributed by atoms with E-state index in [2.05, 4.69) is 31.5 Å². The average molecular weight is 1170 g/mol. The van der Waals surface area contributed by atoms with Gasteiger partial charge in [0, 0.05) is 57.4 Å². The molecule has 0 spiro atoms. The van der Waals surface area contributed by atoms with Crippen molar-refractivity contribution in [3.63, 3.8) is 0 Å². The van der Waals surface area contributed by atoms with Gasteiger partial charge in [-0.3, -0.25) is 14.5 Å². The zero-order chi connectivity index (χ0) is 58.2. The van der Waals surface area contributed by atoms with Crippen molar-refractivity contribution in [1.29, 1.82) is 0 Å². The standard InChI is InChI=1S/C32H45N3O4S.C18H19ClNO3S.C14H26N2O/c1-32(2,3)34-30(37)28-18-24-14-10-11-15-25(24)19-35(28)20-29(36)27(22-40-26-16-8-5-9-17-26)33-31(38)39-21-23-12-6-4-7-13-23;19-11-17(21)16(13-24-15-9-5-2-6-10-15)20-18(22)23-12-14-7-3-1-4-8-14;1-14(2,3)16-13(17)12-8-10-6-4-5-7-11(10)9-15-12/h4-9,12-13,16-17,24-25,27-29,36H,10-11,14-15,18-22H2,1-3H3,(H,33,38)(H,34,37);1-10,16-17H,11-13H2,(H,20,22);10-12,15H,4-9H2,1-3H3,(H,16,17)/q;-1;/t24-,25+,27-,28-,29+;16-,17+;10-,11+,12-/m000/s1. The molecule has 4 fully saturated rings. The lowest BCUT2D eigenvalue weighted by molar-refractivity contribution is -0.417. The highest BCUT2D eigenvalue weighted by Crippen LogP contribution is 2.39. The number of rotatable bonds is 19. The van der Waals surface area contributed by atoms with Crippen LogP contribution in [-0.4, -0.2) is 118 Å². The minimum atomic E-state index is -1.09. The lowest BCUT2D eigenvalue weighted by Gasteiger charge is -2.47. The molecule has 10 atom stereocenters. The number of hydrogen-bond acceptors (Lipinski definition) is 12. The molecule has 0 unspecified atom stereocenters. The minimum Gasteiger partial charge on any atom is -0.850 e. The number of fused-ring (bicyclic) bond motifs is 2. The Labute approximate surface area is 496 Å². The van der Waals surface area contributed by atoms with Crippen molar-refractivity contribution < 1.29 is 38.9 Å². The Hall–Kier alpha value is -4.81. The molecule has 6 N–H and O–H groups in total. The summed E-state index contributed by atoms with van der Waals surface area (Å²) in [6.45, 7) is 14.6. The predicted molar refractivity (Wildman–Crippen MR) is 325 cm³/mol. The maximum Gasteiger partial charge on any atom is 0.407 e. The molecular formula is C64H90ClN6O8S2-. The van der Waals surface area contributed by atoms with Crippen molar-refractivity contribution in [2.45, 2.75) is 176 Å². The van der Waals surface area contributed by atoms with Gasteiger partial charge in [-0.1, -0.05) is 142 Å². The van der Waals surface area contributed by atoms with Gasteiger partial charge in [-0.25, -0.2) is 9.59 Å². The summed E-state index contributed by atoms with van der Waals surface area (Å²) in [5.74, 6) is 3.74. The Balaban J connectivity index is 0.000000217. The van der Waals surface area contributed by atoms with Gasteiger partial charge in [0.15, 0.2) is 0 Å². The van der Waals surface area contributed by atoms with Crippen molar-refractivity contribution in [3.8, 4) is 0 Å². The normalized spacial score (nSPS) is 22.3. The van der Waals surface area contributed by atoms with E-state index in [0.29, 0.717) is 29.9 Å². The molecule has 2 heterocycles. The Kier molecular flexibility index (Phi) is 27.0. The SMILES string of the molecule is CC(C)(C)NC(=O)[C@@H]1C[C@@H]2CCCC[C@@H]2CN1.CC(C)(C)NC(=O)[C@@H]1C[C@@H]2CCCC[C@@H]2CN1C[C@@H](O)[C@H](CSc1ccccc1)NC(=O)OCc1ccccc1.O=C(N[C@@H](CSc1ccccc1)[C@H]([O-])CCl)OCc1ccccc1. The number of benzene rings is 4. The largest absolute Gasteiger partial charge is 0.850 e. The fourth-order valence-electron chi connectivity index (χ4n) is 11.0. The number of amides is 4. The van der Waals surface area contributed by atoms with Gasteiger partial charge in [0.2, 0.25) is 11.8 Å². The summed E-state index contributed by atoms with van der Waals surface area (Å²) in [5.41, 5.74) is 1.33. The number of likely N-dealkylation sites (tertiary alicyclic amines) is 1. The maximum absolute atomic E-state index is 13.4. The number of carbonyl (C=O) groups excluding carboxylic acids is 4. The van der Waals surface area contributed by atoms with Gasteiger partial charge >= 0.3 is 12.2 Å². The predicted octanol–water partition coefficient (Wildman–Crippen LogP) is 10.3. The summed E-state index contributed by atoms with van der Waals surface area (Å²) in [6, 6.07) is 37.1. The highest BCUT2D eigenvalue weighted by molar-refractivity contribution is 7.99. The average Bonchev–Trinajstić information content (AvgIpc) is 3.62. The van der Waals surface area contributed by atoms with Crippen LogP contribution >= 0.6 is 35.1 Å². The Morgan fingerprint density at radius 2 is 1.06 bits per heavy atom. The Morgan fingerprint density at radius 3 is 1.56 bits per heavy atom. The first kappa shape index (κ1) is 65.3. The topological polar surface area (TPSA) is 193 Å². The van der Waals surface area contributed by atoms with Crippen molar-refractivity contribution in [3.05, 3.63) is 132 Å². The second-order valence-electron chi connectivity index (χ2n) is 24.1. The number of ether oxygens (including phenoxy) is 2. The Morgan fingerprint density at radius 1 is 0.630 bits per heavy atom. The third kappa shape index (κ3) is 23.8. The highest BCUT2D eigenvalue weighted by Gasteiger charge is 2.42. The molecule has 2 aliphatic carbocycles. The van der Waals surface area contributed by atoms with Gasteiger partial charge in [-0.05, 0) is 133 Å². The van der Waals surface area contributed by atoms with E-state index in [1.54, 1.807) is 11.8 Å². The van der Waals surface area contributed by atoms with Gasteiger partial charge in [0.1, 0.15) is 13.2 Å². The molecule has 2 saturated carbocycles. The highest BCUT2D eigenvalue weighted by atomic mass is 35.5. The van der Waals surface area contributed by atoms with E-state index in [4.69, 9.17) is 21.1 Å². The van der Waals surface area contributed by atoms with E-state index in [-0.39, 0.29) is 54.1 Å². The van der Waals surface area contributed by atoms with Crippen molar-refractivity contribution in [2.24, 2.45) is 23.7 Å². The first-order chi connectivity index (χ1) is 38.8. The van der Waals surface area contributed by atoms with E-state index in [1.807, 2.05) is 163 Å². The van der Waals surface area contributed by atoms with Crippen molar-refractivity contribution >= 4 is 59.1 Å². The number of alkyl halides is 1. The summed E-state index contributed by atoms with van der Waals surface area (Å²) < 4.78 is 10.7. The van der Waals surface area contributed by atoms with E-state index in [9.17, 15) is 29.4 Å². The lowest BCUT2D eigenvalue weighted by Crippen LogP contribution is -2.60. The van der Waals surface area contributed by atoms with Crippen LogP contribution in [0.25, 0.3) is 0 Å². The summed E-state index contributed by atoms with van der Waals surface area (Å²) in [6.07, 6.45) is 8.92. The van der Waals surface area contributed by atoms with Crippen LogP contribution in [0.3, 0.4) is 0 Å². The molecule has 17 heteroatoms. The van der Waals surface area contributed by atoms with E-state index in [1.165, 1.54) is 63.1 Å². The molecular weight excluding hydrogens is 1080 g/mol. The van der Waals surface area contributed by atoms with E-state index >= 15 is 0 Å². The number of aliphatic hydroxyl groups excluding tert-OH is 1. The van der Waals surface area contributed by atoms with Gasteiger partial charge in [-0.2, -0.15) is 0 Å². The van der Waals surface area contributed by atoms with Crippen molar-refractivity contribution in [1.82, 2.24) is 31.5 Å². The van der Waals surface area contributed by atoms with Gasteiger partial charge < -0.3 is 46.3 Å². The number of nitrogens with zero attached hydrogens (tertiary/aromatic N) is 1. The lowest BCUT2D eigenvalue weighted by atomic mass is 9.72. The molecule has 444 valence electrons. The fraction of sp³-hybridized carbons (Fsp3) is 0.562. The van der Waals surface area contributed by atoms with Crippen LogP contribution in [-0.2, 0) is 32.3 Å². The second-order valence-corrected chi connectivity index (χ2v) is 26.6. The first-order valence-corrected chi connectivity index (χ1v) is 31.6. The number of piperidine rings is 2. The molecule has 2 aliphatic heterocycles. The van der Waals surface area contributed by atoms with Crippen LogP contribution in [0.4, 0.5) is 9.59 Å². The number of carbonyl (C=O) groups is 4. The zero-order valence-electron chi connectivity index (χ0n) is 48.5. The number of nitrogens with one attached hydrogen (secondary N) is 5. The molecule has 4 aromatic rings. The molecule has 2 saturated heterocycles. The summed E-state index contributed by atoms with van der Waals surface area (Å²) in [5, 5.41) is 38.8. The number of thioether (sulfide) groups is 2. The number of β-amino-alcohol motifs (C(OH)–C–C–N with tert-alkyl or cyclic N) is 1. The van der Waals surface area contributed by atoms with Crippen LogP contribution in [0, 0.1) is 23.7 Å². The number of alkyl carbamates (subject to hydrolysis) is 2. The molecule has 0 radical (unpaired) electrons.